The number of carbonyl (C=O) groups is 2. The Morgan fingerprint density at radius 3 is 2.45 bits per heavy atom. The molecule has 0 bridgehead atoms. The number of aromatic nitrogens is 2. The van der Waals surface area contributed by atoms with Gasteiger partial charge in [0.05, 0.1) is 0 Å². The third-order valence-electron chi connectivity index (χ3n) is 4.28. The van der Waals surface area contributed by atoms with Gasteiger partial charge in [0.15, 0.2) is 0 Å². The van der Waals surface area contributed by atoms with Crippen LogP contribution >= 0.6 is 11.3 Å². The highest BCUT2D eigenvalue weighted by atomic mass is 32.1. The molecule has 1 heterocycles. The fourth-order valence-electron chi connectivity index (χ4n) is 2.66. The topological polar surface area (TPSA) is 84.0 Å². The van der Waals surface area contributed by atoms with E-state index in [0.29, 0.717) is 10.1 Å². The Morgan fingerprint density at radius 2 is 1.79 bits per heavy atom. The Bertz CT molecular complexity index is 1020. The summed E-state index contributed by atoms with van der Waals surface area (Å²) in [6.45, 7) is 5.63. The van der Waals surface area contributed by atoms with Crippen LogP contribution < -0.4 is 10.6 Å². The number of aryl methyl sites for hydroxylation is 1. The predicted molar refractivity (Wildman–Crippen MR) is 111 cm³/mol. The maximum absolute atomic E-state index is 13.4. The van der Waals surface area contributed by atoms with Gasteiger partial charge in [0.25, 0.3) is 5.91 Å². The largest absolute Gasteiger partial charge is 0.340 e. The smallest absolute Gasteiger partial charge is 0.252 e. The zero-order chi connectivity index (χ0) is 21.0. The van der Waals surface area contributed by atoms with Gasteiger partial charge in [0.2, 0.25) is 11.0 Å². The van der Waals surface area contributed by atoms with Crippen LogP contribution in [0.3, 0.4) is 0 Å². The van der Waals surface area contributed by atoms with E-state index in [4.69, 9.17) is 0 Å². The molecule has 1 aromatic heterocycles. The number of anilines is 1. The first-order valence-electron chi connectivity index (χ1n) is 9.11. The number of rotatable bonds is 6. The van der Waals surface area contributed by atoms with Crippen molar-refractivity contribution < 1.29 is 14.0 Å². The second kappa shape index (κ2) is 8.91. The molecule has 2 N–H and O–H groups in total. The Labute approximate surface area is 172 Å². The van der Waals surface area contributed by atoms with Crippen molar-refractivity contribution in [1.82, 2.24) is 15.5 Å². The van der Waals surface area contributed by atoms with Gasteiger partial charge in [-0.15, -0.1) is 10.2 Å². The van der Waals surface area contributed by atoms with Gasteiger partial charge >= 0.3 is 0 Å². The van der Waals surface area contributed by atoms with Crippen molar-refractivity contribution in [2.24, 2.45) is 5.92 Å². The van der Waals surface area contributed by atoms with Crippen molar-refractivity contribution in [1.29, 1.82) is 0 Å². The van der Waals surface area contributed by atoms with Gasteiger partial charge in [-0.05, 0) is 31.0 Å². The number of carbonyl (C=O) groups excluding carboxylic acids is 2. The first-order valence-corrected chi connectivity index (χ1v) is 9.93. The molecule has 0 fully saturated rings. The summed E-state index contributed by atoms with van der Waals surface area (Å²) in [4.78, 5) is 25.1. The molecule has 0 saturated carbocycles. The fraction of sp³-hybridized carbons (Fsp3) is 0.238. The predicted octanol–water partition coefficient (Wildman–Crippen LogP) is 4.05. The molecule has 6 nitrogen and oxygen atoms in total. The van der Waals surface area contributed by atoms with Crippen LogP contribution in [0.15, 0.2) is 48.5 Å². The van der Waals surface area contributed by atoms with Gasteiger partial charge in [-0.25, -0.2) is 4.39 Å². The first kappa shape index (κ1) is 20.6. The first-order chi connectivity index (χ1) is 13.8. The van der Waals surface area contributed by atoms with Crippen LogP contribution in [0, 0.1) is 18.7 Å². The van der Waals surface area contributed by atoms with Crippen molar-refractivity contribution in [2.45, 2.75) is 26.8 Å². The third-order valence-corrected chi connectivity index (χ3v) is 5.16. The van der Waals surface area contributed by atoms with Crippen LogP contribution in [0.1, 0.15) is 29.8 Å². The molecular formula is C21H21FN4O2S. The van der Waals surface area contributed by atoms with Crippen molar-refractivity contribution in [3.8, 4) is 10.6 Å². The maximum atomic E-state index is 13.4. The second-order valence-electron chi connectivity index (χ2n) is 6.97. The molecule has 29 heavy (non-hydrogen) atoms. The molecule has 3 aromatic rings. The molecule has 1 atom stereocenters. The summed E-state index contributed by atoms with van der Waals surface area (Å²) in [5, 5.41) is 14.5. The Hall–Kier alpha value is -3.13. The molecule has 2 amide bonds. The lowest BCUT2D eigenvalue weighted by molar-refractivity contribution is -0.118. The lowest BCUT2D eigenvalue weighted by Crippen LogP contribution is -2.47. The highest BCUT2D eigenvalue weighted by molar-refractivity contribution is 7.18. The Kier molecular flexibility index (Phi) is 6.33. The number of benzene rings is 2. The lowest BCUT2D eigenvalue weighted by Gasteiger charge is -2.21. The van der Waals surface area contributed by atoms with Crippen molar-refractivity contribution in [2.75, 3.05) is 5.32 Å². The van der Waals surface area contributed by atoms with Crippen LogP contribution in [0.5, 0.6) is 0 Å². The molecule has 0 aliphatic carbocycles. The van der Waals surface area contributed by atoms with E-state index < -0.39 is 23.7 Å². The minimum Gasteiger partial charge on any atom is -0.340 e. The fourth-order valence-corrected chi connectivity index (χ4v) is 3.41. The summed E-state index contributed by atoms with van der Waals surface area (Å²) < 4.78 is 13.4. The Morgan fingerprint density at radius 1 is 1.07 bits per heavy atom. The van der Waals surface area contributed by atoms with E-state index in [1.54, 1.807) is 0 Å². The molecule has 0 saturated heterocycles. The van der Waals surface area contributed by atoms with Gasteiger partial charge in [-0.1, -0.05) is 61.1 Å². The van der Waals surface area contributed by atoms with Crippen LogP contribution in [-0.4, -0.2) is 28.1 Å². The number of halogens is 1. The molecule has 150 valence electrons. The quantitative estimate of drug-likeness (QED) is 0.640. The van der Waals surface area contributed by atoms with E-state index in [0.717, 1.165) is 17.2 Å². The highest BCUT2D eigenvalue weighted by Gasteiger charge is 2.26. The van der Waals surface area contributed by atoms with E-state index in [2.05, 4.69) is 20.8 Å². The van der Waals surface area contributed by atoms with Gasteiger partial charge in [0, 0.05) is 11.1 Å². The molecule has 2 aromatic carbocycles. The summed E-state index contributed by atoms with van der Waals surface area (Å²) in [7, 11) is 0. The zero-order valence-corrected chi connectivity index (χ0v) is 17.1. The van der Waals surface area contributed by atoms with Crippen LogP contribution in [0.2, 0.25) is 0 Å². The van der Waals surface area contributed by atoms with Gasteiger partial charge < -0.3 is 5.32 Å². The molecular weight excluding hydrogens is 391 g/mol. The van der Waals surface area contributed by atoms with Crippen molar-refractivity contribution >= 4 is 28.3 Å². The van der Waals surface area contributed by atoms with Crippen LogP contribution in [0.25, 0.3) is 10.6 Å². The van der Waals surface area contributed by atoms with Gasteiger partial charge in [-0.3, -0.25) is 14.9 Å². The number of nitrogens with one attached hydrogen (secondary N) is 2. The number of amides is 2. The number of hydrogen-bond acceptors (Lipinski definition) is 5. The molecule has 0 aliphatic heterocycles. The number of hydrogen-bond donors (Lipinski definition) is 2. The SMILES string of the molecule is Cc1ccc(-c2nnc(NC(=O)C(NC(=O)c3cccc(F)c3)C(C)C)s2)cc1. The highest BCUT2D eigenvalue weighted by Crippen LogP contribution is 2.26. The summed E-state index contributed by atoms with van der Waals surface area (Å²) in [5.74, 6) is -1.62. The van der Waals surface area contributed by atoms with Crippen molar-refractivity contribution in [3.05, 3.63) is 65.5 Å². The van der Waals surface area contributed by atoms with E-state index in [1.807, 2.05) is 45.0 Å². The summed E-state index contributed by atoms with van der Waals surface area (Å²) in [6.07, 6.45) is 0. The van der Waals surface area contributed by atoms with E-state index in [9.17, 15) is 14.0 Å². The summed E-state index contributed by atoms with van der Waals surface area (Å²) in [5.41, 5.74) is 2.20. The molecule has 0 aliphatic rings. The molecule has 0 radical (unpaired) electrons. The molecule has 3 rings (SSSR count). The van der Waals surface area contributed by atoms with Gasteiger partial charge in [-0.2, -0.15) is 0 Å². The average Bonchev–Trinajstić information content (AvgIpc) is 3.14. The van der Waals surface area contributed by atoms with E-state index >= 15 is 0 Å². The average molecular weight is 412 g/mol. The van der Waals surface area contributed by atoms with E-state index in [-0.39, 0.29) is 11.5 Å². The minimum absolute atomic E-state index is 0.154. The summed E-state index contributed by atoms with van der Waals surface area (Å²) >= 11 is 1.25. The maximum Gasteiger partial charge on any atom is 0.252 e. The second-order valence-corrected chi connectivity index (χ2v) is 7.95. The Balaban J connectivity index is 1.70. The number of nitrogens with zero attached hydrogens (tertiary/aromatic N) is 2. The standard InChI is InChI=1S/C21H21FN4O2S/c1-12(2)17(23-18(27)15-5-4-6-16(22)11-15)19(28)24-21-26-25-20(29-21)14-9-7-13(3)8-10-14/h4-12,17H,1-3H3,(H,23,27)(H,24,26,28). The minimum atomic E-state index is -0.808. The molecule has 0 spiro atoms. The van der Waals surface area contributed by atoms with Gasteiger partial charge in [0.1, 0.15) is 16.9 Å². The third kappa shape index (κ3) is 5.23. The lowest BCUT2D eigenvalue weighted by atomic mass is 10.0. The summed E-state index contributed by atoms with van der Waals surface area (Å²) in [6, 6.07) is 12.4. The van der Waals surface area contributed by atoms with Crippen LogP contribution in [-0.2, 0) is 4.79 Å². The molecule has 8 heteroatoms. The normalized spacial score (nSPS) is 11.9. The van der Waals surface area contributed by atoms with Crippen LogP contribution in [0.4, 0.5) is 9.52 Å². The van der Waals surface area contributed by atoms with E-state index in [1.165, 1.54) is 29.5 Å². The zero-order valence-electron chi connectivity index (χ0n) is 16.3. The monoisotopic (exact) mass is 412 g/mol. The molecule has 1 unspecified atom stereocenters. The van der Waals surface area contributed by atoms with Crippen molar-refractivity contribution in [3.63, 3.8) is 0 Å².